The summed E-state index contributed by atoms with van der Waals surface area (Å²) in [6, 6.07) is -0.118. The molecule has 3 N–H and O–H groups in total. The molecule has 1 rings (SSSR count). The average Bonchev–Trinajstić information content (AvgIpc) is 2.60. The number of aliphatic hydroxyl groups excluding tert-OH is 1. The molecule has 0 bridgehead atoms. The summed E-state index contributed by atoms with van der Waals surface area (Å²) in [6.45, 7) is 2.38. The van der Waals surface area contributed by atoms with Crippen LogP contribution in [0.3, 0.4) is 0 Å². The van der Waals surface area contributed by atoms with Crippen LogP contribution in [0.15, 0.2) is 0 Å². The Bertz CT molecular complexity index is 256. The van der Waals surface area contributed by atoms with E-state index in [4.69, 9.17) is 10.2 Å². The fourth-order valence-corrected chi connectivity index (χ4v) is 1.61. The van der Waals surface area contributed by atoms with E-state index < -0.39 is 12.1 Å². The van der Waals surface area contributed by atoms with Crippen LogP contribution in [0.2, 0.25) is 0 Å². The van der Waals surface area contributed by atoms with Crippen molar-refractivity contribution in [3.63, 3.8) is 0 Å². The SMILES string of the molecule is CC1CCCN1C(=O)NCC(O)C(=O)O. The van der Waals surface area contributed by atoms with Crippen LogP contribution in [0, 0.1) is 0 Å². The van der Waals surface area contributed by atoms with Crippen LogP contribution in [-0.4, -0.2) is 52.3 Å². The van der Waals surface area contributed by atoms with Gasteiger partial charge in [0.25, 0.3) is 0 Å². The molecular weight excluding hydrogens is 200 g/mol. The topological polar surface area (TPSA) is 89.9 Å². The zero-order valence-electron chi connectivity index (χ0n) is 8.64. The summed E-state index contributed by atoms with van der Waals surface area (Å²) in [4.78, 5) is 23.4. The van der Waals surface area contributed by atoms with E-state index in [9.17, 15) is 9.59 Å². The Balaban J connectivity index is 2.32. The predicted molar refractivity (Wildman–Crippen MR) is 52.4 cm³/mol. The van der Waals surface area contributed by atoms with Gasteiger partial charge in [0.15, 0.2) is 6.10 Å². The van der Waals surface area contributed by atoms with E-state index in [1.54, 1.807) is 4.90 Å². The van der Waals surface area contributed by atoms with Crippen molar-refractivity contribution >= 4 is 12.0 Å². The first kappa shape index (κ1) is 11.8. The Kier molecular flexibility index (Phi) is 3.90. The molecule has 1 fully saturated rings. The highest BCUT2D eigenvalue weighted by Crippen LogP contribution is 2.15. The third-order valence-electron chi connectivity index (χ3n) is 2.55. The largest absolute Gasteiger partial charge is 0.479 e. The van der Waals surface area contributed by atoms with Gasteiger partial charge in [0.2, 0.25) is 0 Å². The molecule has 1 saturated heterocycles. The summed E-state index contributed by atoms with van der Waals surface area (Å²) in [7, 11) is 0. The standard InChI is InChI=1S/C9H16N2O4/c1-6-3-2-4-11(6)9(15)10-5-7(12)8(13)14/h6-7,12H,2-5H2,1H3,(H,10,15)(H,13,14). The van der Waals surface area contributed by atoms with Crippen molar-refractivity contribution in [3.05, 3.63) is 0 Å². The minimum Gasteiger partial charge on any atom is -0.479 e. The number of carboxylic acids is 1. The quantitative estimate of drug-likeness (QED) is 0.600. The molecule has 0 aromatic rings. The van der Waals surface area contributed by atoms with Crippen molar-refractivity contribution < 1.29 is 19.8 Å². The lowest BCUT2D eigenvalue weighted by Gasteiger charge is -2.22. The molecule has 0 spiro atoms. The van der Waals surface area contributed by atoms with E-state index in [0.717, 1.165) is 12.8 Å². The molecule has 0 aromatic carbocycles. The predicted octanol–water partition coefficient (Wildman–Crippen LogP) is -0.374. The van der Waals surface area contributed by atoms with Gasteiger partial charge in [-0.2, -0.15) is 0 Å². The minimum absolute atomic E-state index is 0.187. The Morgan fingerprint density at radius 2 is 2.27 bits per heavy atom. The number of nitrogens with one attached hydrogen (secondary N) is 1. The van der Waals surface area contributed by atoms with Crippen molar-refractivity contribution in [3.8, 4) is 0 Å². The second kappa shape index (κ2) is 4.97. The molecule has 6 heteroatoms. The number of carboxylic acid groups (broad SMARTS) is 1. The summed E-state index contributed by atoms with van der Waals surface area (Å²) in [5.74, 6) is -1.33. The van der Waals surface area contributed by atoms with Gasteiger partial charge in [0.1, 0.15) is 0 Å². The Labute approximate surface area is 87.9 Å². The van der Waals surface area contributed by atoms with Gasteiger partial charge >= 0.3 is 12.0 Å². The molecular formula is C9H16N2O4. The van der Waals surface area contributed by atoms with E-state index in [0.29, 0.717) is 6.54 Å². The maximum absolute atomic E-state index is 11.5. The smallest absolute Gasteiger partial charge is 0.334 e. The second-order valence-corrected chi connectivity index (χ2v) is 3.72. The lowest BCUT2D eigenvalue weighted by Crippen LogP contribution is -2.45. The molecule has 0 aromatic heterocycles. The normalized spacial score (nSPS) is 22.5. The Hall–Kier alpha value is -1.30. The van der Waals surface area contributed by atoms with E-state index in [1.807, 2.05) is 6.92 Å². The number of carbonyl (C=O) groups excluding carboxylic acids is 1. The highest BCUT2D eigenvalue weighted by Gasteiger charge is 2.25. The van der Waals surface area contributed by atoms with Gasteiger partial charge in [-0.3, -0.25) is 0 Å². The van der Waals surface area contributed by atoms with Gasteiger partial charge in [-0.1, -0.05) is 0 Å². The van der Waals surface area contributed by atoms with Gasteiger partial charge in [-0.05, 0) is 19.8 Å². The maximum atomic E-state index is 11.5. The van der Waals surface area contributed by atoms with Gasteiger partial charge in [0, 0.05) is 12.6 Å². The lowest BCUT2D eigenvalue weighted by molar-refractivity contribution is -0.146. The maximum Gasteiger partial charge on any atom is 0.334 e. The van der Waals surface area contributed by atoms with E-state index in [1.165, 1.54) is 0 Å². The van der Waals surface area contributed by atoms with Crippen molar-refractivity contribution in [1.82, 2.24) is 10.2 Å². The number of hydrogen-bond donors (Lipinski definition) is 3. The zero-order valence-corrected chi connectivity index (χ0v) is 8.64. The van der Waals surface area contributed by atoms with Gasteiger partial charge in [0.05, 0.1) is 6.54 Å². The van der Waals surface area contributed by atoms with Crippen molar-refractivity contribution in [2.75, 3.05) is 13.1 Å². The number of urea groups is 1. The summed E-state index contributed by atoms with van der Waals surface area (Å²) < 4.78 is 0. The van der Waals surface area contributed by atoms with Crippen molar-refractivity contribution in [1.29, 1.82) is 0 Å². The molecule has 86 valence electrons. The first-order valence-electron chi connectivity index (χ1n) is 4.97. The summed E-state index contributed by atoms with van der Waals surface area (Å²) in [5.41, 5.74) is 0. The van der Waals surface area contributed by atoms with Crippen LogP contribution in [0.5, 0.6) is 0 Å². The molecule has 0 aliphatic carbocycles. The highest BCUT2D eigenvalue weighted by molar-refractivity contribution is 5.77. The summed E-state index contributed by atoms with van der Waals surface area (Å²) in [5, 5.41) is 19.7. The number of aliphatic carboxylic acids is 1. The van der Waals surface area contributed by atoms with Crippen LogP contribution >= 0.6 is 0 Å². The fraction of sp³-hybridized carbons (Fsp3) is 0.778. The zero-order chi connectivity index (χ0) is 11.4. The molecule has 0 radical (unpaired) electrons. The molecule has 2 amide bonds. The molecule has 1 aliphatic rings. The lowest BCUT2D eigenvalue weighted by atomic mass is 10.2. The molecule has 0 saturated carbocycles. The van der Waals surface area contributed by atoms with Gasteiger partial charge in [-0.25, -0.2) is 9.59 Å². The Morgan fingerprint density at radius 3 is 2.73 bits per heavy atom. The van der Waals surface area contributed by atoms with Crippen LogP contribution in [0.1, 0.15) is 19.8 Å². The summed E-state index contributed by atoms with van der Waals surface area (Å²) in [6.07, 6.45) is 0.400. The van der Waals surface area contributed by atoms with E-state index in [-0.39, 0.29) is 18.6 Å². The molecule has 6 nitrogen and oxygen atoms in total. The Morgan fingerprint density at radius 1 is 1.60 bits per heavy atom. The fourth-order valence-electron chi connectivity index (χ4n) is 1.61. The second-order valence-electron chi connectivity index (χ2n) is 3.72. The molecule has 15 heavy (non-hydrogen) atoms. The first-order valence-corrected chi connectivity index (χ1v) is 4.97. The van der Waals surface area contributed by atoms with Crippen LogP contribution in [0.25, 0.3) is 0 Å². The third-order valence-corrected chi connectivity index (χ3v) is 2.55. The summed E-state index contributed by atoms with van der Waals surface area (Å²) >= 11 is 0. The van der Waals surface area contributed by atoms with Crippen LogP contribution in [-0.2, 0) is 4.79 Å². The number of aliphatic hydroxyl groups is 1. The van der Waals surface area contributed by atoms with Crippen LogP contribution in [0.4, 0.5) is 4.79 Å². The van der Waals surface area contributed by atoms with Gasteiger partial charge < -0.3 is 20.4 Å². The van der Waals surface area contributed by atoms with E-state index >= 15 is 0 Å². The highest BCUT2D eigenvalue weighted by atomic mass is 16.4. The van der Waals surface area contributed by atoms with Crippen molar-refractivity contribution in [2.24, 2.45) is 0 Å². The number of carbonyl (C=O) groups is 2. The van der Waals surface area contributed by atoms with Gasteiger partial charge in [-0.15, -0.1) is 0 Å². The first-order chi connectivity index (χ1) is 7.02. The number of likely N-dealkylation sites (tertiary alicyclic amines) is 1. The van der Waals surface area contributed by atoms with Crippen molar-refractivity contribution in [2.45, 2.75) is 31.9 Å². The number of amides is 2. The van der Waals surface area contributed by atoms with Crippen LogP contribution < -0.4 is 5.32 Å². The van der Waals surface area contributed by atoms with E-state index in [2.05, 4.69) is 5.32 Å². The monoisotopic (exact) mass is 216 g/mol. The third kappa shape index (κ3) is 3.09. The number of nitrogens with zero attached hydrogens (tertiary/aromatic N) is 1. The number of hydrogen-bond acceptors (Lipinski definition) is 3. The average molecular weight is 216 g/mol. The molecule has 2 atom stereocenters. The minimum atomic E-state index is -1.54. The molecule has 1 aliphatic heterocycles. The molecule has 2 unspecified atom stereocenters. The number of rotatable bonds is 3. The molecule has 1 heterocycles.